The van der Waals surface area contributed by atoms with E-state index in [1.807, 2.05) is 11.8 Å². The summed E-state index contributed by atoms with van der Waals surface area (Å²) in [7, 11) is 2.17. The van der Waals surface area contributed by atoms with Crippen molar-refractivity contribution >= 4 is 23.1 Å². The summed E-state index contributed by atoms with van der Waals surface area (Å²) in [5.74, 6) is 1.22. The summed E-state index contributed by atoms with van der Waals surface area (Å²) in [6, 6.07) is 4.95. The lowest BCUT2D eigenvalue weighted by Gasteiger charge is -2.27. The van der Waals surface area contributed by atoms with E-state index >= 15 is 0 Å². The van der Waals surface area contributed by atoms with Crippen LogP contribution in [-0.2, 0) is 0 Å². The lowest BCUT2D eigenvalue weighted by atomic mass is 10.2. The number of thiophene rings is 1. The molecule has 4 heteroatoms. The zero-order valence-electron chi connectivity index (χ0n) is 10.3. The molecule has 0 saturated carbocycles. The molecule has 0 fully saturated rings. The topological polar surface area (TPSA) is 29.3 Å². The molecule has 0 aliphatic heterocycles. The second-order valence-corrected chi connectivity index (χ2v) is 6.16. The number of nitrogens with zero attached hydrogens (tertiary/aromatic N) is 1. The van der Waals surface area contributed by atoms with Gasteiger partial charge in [-0.3, -0.25) is 0 Å². The number of likely N-dealkylation sites (N-methyl/N-ethyl adjacent to an activating group) is 1. The molecule has 0 aliphatic rings. The number of thioether (sulfide) groups is 1. The Hall–Kier alpha value is -0.0300. The first-order chi connectivity index (χ1) is 7.65. The Balaban J connectivity index is 2.35. The van der Waals surface area contributed by atoms with E-state index in [2.05, 4.69) is 42.6 Å². The van der Waals surface area contributed by atoms with Gasteiger partial charge in [0.1, 0.15) is 0 Å². The van der Waals surface area contributed by atoms with E-state index in [4.69, 9.17) is 5.73 Å². The number of hydrogen-bond donors (Lipinski definition) is 1. The Bertz CT molecular complexity index is 275. The van der Waals surface area contributed by atoms with Crippen molar-refractivity contribution in [2.45, 2.75) is 25.4 Å². The standard InChI is InChI=1S/C12H22N2S2/c1-10(6-8-15-3)14(2)9-11(13)12-5-4-7-16-12/h4-5,7,10-11H,6,8-9,13H2,1-3H3. The number of nitrogens with two attached hydrogens (primary N) is 1. The fourth-order valence-electron chi connectivity index (χ4n) is 1.59. The predicted molar refractivity (Wildman–Crippen MR) is 76.3 cm³/mol. The van der Waals surface area contributed by atoms with Crippen LogP contribution in [0.2, 0.25) is 0 Å². The number of rotatable bonds is 7. The van der Waals surface area contributed by atoms with Crippen LogP contribution < -0.4 is 5.73 Å². The monoisotopic (exact) mass is 258 g/mol. The van der Waals surface area contributed by atoms with Crippen LogP contribution in [0.3, 0.4) is 0 Å². The minimum Gasteiger partial charge on any atom is -0.322 e. The van der Waals surface area contributed by atoms with Crippen LogP contribution in [0.5, 0.6) is 0 Å². The second-order valence-electron chi connectivity index (χ2n) is 4.19. The highest BCUT2D eigenvalue weighted by atomic mass is 32.2. The first kappa shape index (κ1) is 14.0. The molecule has 0 bridgehead atoms. The van der Waals surface area contributed by atoms with Crippen molar-refractivity contribution in [1.82, 2.24) is 4.90 Å². The van der Waals surface area contributed by atoms with Crippen molar-refractivity contribution < 1.29 is 0 Å². The van der Waals surface area contributed by atoms with Gasteiger partial charge in [0, 0.05) is 17.5 Å². The van der Waals surface area contributed by atoms with Gasteiger partial charge in [0.15, 0.2) is 0 Å². The van der Waals surface area contributed by atoms with Crippen LogP contribution in [0, 0.1) is 0 Å². The summed E-state index contributed by atoms with van der Waals surface area (Å²) < 4.78 is 0. The fraction of sp³-hybridized carbons (Fsp3) is 0.667. The predicted octanol–water partition coefficient (Wildman–Crippen LogP) is 2.82. The molecule has 1 rings (SSSR count). The van der Waals surface area contributed by atoms with Crippen LogP contribution >= 0.6 is 23.1 Å². The molecule has 2 atom stereocenters. The molecule has 0 saturated heterocycles. The molecule has 1 aromatic rings. The SMILES string of the molecule is CSCCC(C)N(C)CC(N)c1cccs1. The summed E-state index contributed by atoms with van der Waals surface area (Å²) in [5.41, 5.74) is 6.17. The van der Waals surface area contributed by atoms with Gasteiger partial charge >= 0.3 is 0 Å². The first-order valence-electron chi connectivity index (χ1n) is 5.63. The van der Waals surface area contributed by atoms with Gasteiger partial charge in [-0.25, -0.2) is 0 Å². The van der Waals surface area contributed by atoms with Gasteiger partial charge in [-0.1, -0.05) is 6.07 Å². The molecule has 2 unspecified atom stereocenters. The third-order valence-corrected chi connectivity index (χ3v) is 4.53. The molecule has 1 aromatic heterocycles. The van der Waals surface area contributed by atoms with E-state index in [1.54, 1.807) is 11.3 Å². The average Bonchev–Trinajstić information content (AvgIpc) is 2.79. The van der Waals surface area contributed by atoms with Crippen molar-refractivity contribution in [3.63, 3.8) is 0 Å². The lowest BCUT2D eigenvalue weighted by molar-refractivity contribution is 0.239. The molecule has 0 radical (unpaired) electrons. The lowest BCUT2D eigenvalue weighted by Crippen LogP contribution is -2.35. The van der Waals surface area contributed by atoms with E-state index in [9.17, 15) is 0 Å². The van der Waals surface area contributed by atoms with Crippen molar-refractivity contribution in [3.05, 3.63) is 22.4 Å². The summed E-state index contributed by atoms with van der Waals surface area (Å²) in [4.78, 5) is 3.64. The summed E-state index contributed by atoms with van der Waals surface area (Å²) in [6.45, 7) is 3.22. The van der Waals surface area contributed by atoms with Crippen molar-refractivity contribution in [2.75, 3.05) is 25.6 Å². The summed E-state index contributed by atoms with van der Waals surface area (Å²) in [6.07, 6.45) is 3.39. The Labute approximate surface area is 107 Å². The Morgan fingerprint density at radius 3 is 2.88 bits per heavy atom. The van der Waals surface area contributed by atoms with Gasteiger partial charge in [0.05, 0.1) is 6.04 Å². The molecule has 0 aromatic carbocycles. The normalized spacial score (nSPS) is 15.3. The Kier molecular flexibility index (Phi) is 6.43. The van der Waals surface area contributed by atoms with Gasteiger partial charge in [-0.05, 0) is 43.8 Å². The maximum absolute atomic E-state index is 6.17. The number of hydrogen-bond acceptors (Lipinski definition) is 4. The minimum absolute atomic E-state index is 0.154. The van der Waals surface area contributed by atoms with E-state index in [-0.39, 0.29) is 6.04 Å². The van der Waals surface area contributed by atoms with Crippen LogP contribution in [0.25, 0.3) is 0 Å². The third-order valence-electron chi connectivity index (χ3n) is 2.89. The molecule has 0 amide bonds. The van der Waals surface area contributed by atoms with Crippen LogP contribution in [0.1, 0.15) is 24.3 Å². The Morgan fingerprint density at radius 2 is 2.31 bits per heavy atom. The van der Waals surface area contributed by atoms with E-state index in [0.29, 0.717) is 6.04 Å². The van der Waals surface area contributed by atoms with Crippen molar-refractivity contribution in [2.24, 2.45) is 5.73 Å². The van der Waals surface area contributed by atoms with Crippen LogP contribution in [0.4, 0.5) is 0 Å². The summed E-state index contributed by atoms with van der Waals surface area (Å²) in [5, 5.41) is 2.09. The third kappa shape index (κ3) is 4.45. The molecule has 92 valence electrons. The molecule has 2 nitrogen and oxygen atoms in total. The minimum atomic E-state index is 0.154. The van der Waals surface area contributed by atoms with Gasteiger partial charge in [0.2, 0.25) is 0 Å². The molecule has 1 heterocycles. The first-order valence-corrected chi connectivity index (χ1v) is 7.90. The van der Waals surface area contributed by atoms with E-state index in [0.717, 1.165) is 6.54 Å². The highest BCUT2D eigenvalue weighted by Crippen LogP contribution is 2.18. The average molecular weight is 258 g/mol. The van der Waals surface area contributed by atoms with E-state index < -0.39 is 0 Å². The molecule has 16 heavy (non-hydrogen) atoms. The largest absolute Gasteiger partial charge is 0.322 e. The molecule has 0 aliphatic carbocycles. The van der Waals surface area contributed by atoms with Gasteiger partial charge in [-0.15, -0.1) is 11.3 Å². The van der Waals surface area contributed by atoms with Crippen molar-refractivity contribution in [3.8, 4) is 0 Å². The highest BCUT2D eigenvalue weighted by molar-refractivity contribution is 7.98. The molecular weight excluding hydrogens is 236 g/mol. The fourth-order valence-corrected chi connectivity index (χ4v) is 2.89. The van der Waals surface area contributed by atoms with Gasteiger partial charge in [0.25, 0.3) is 0 Å². The van der Waals surface area contributed by atoms with Gasteiger partial charge in [-0.2, -0.15) is 11.8 Å². The summed E-state index contributed by atoms with van der Waals surface area (Å²) >= 11 is 3.65. The van der Waals surface area contributed by atoms with Crippen LogP contribution in [-0.4, -0.2) is 36.5 Å². The zero-order chi connectivity index (χ0) is 12.0. The molecule has 0 spiro atoms. The van der Waals surface area contributed by atoms with Crippen molar-refractivity contribution in [1.29, 1.82) is 0 Å². The van der Waals surface area contributed by atoms with Gasteiger partial charge < -0.3 is 10.6 Å². The maximum atomic E-state index is 6.17. The second kappa shape index (κ2) is 7.33. The van der Waals surface area contributed by atoms with Crippen LogP contribution in [0.15, 0.2) is 17.5 Å². The van der Waals surface area contributed by atoms with E-state index in [1.165, 1.54) is 17.1 Å². The molecule has 2 N–H and O–H groups in total. The molecular formula is C12H22N2S2. The quantitative estimate of drug-likeness (QED) is 0.815. The Morgan fingerprint density at radius 1 is 1.56 bits per heavy atom. The zero-order valence-corrected chi connectivity index (χ0v) is 12.0. The smallest absolute Gasteiger partial charge is 0.0519 e. The maximum Gasteiger partial charge on any atom is 0.0519 e. The highest BCUT2D eigenvalue weighted by Gasteiger charge is 2.14.